The van der Waals surface area contributed by atoms with Crippen LogP contribution >= 0.6 is 15.9 Å². The largest absolute Gasteiger partial charge is 0.423 e. The van der Waals surface area contributed by atoms with E-state index in [4.69, 9.17) is 4.74 Å². The summed E-state index contributed by atoms with van der Waals surface area (Å²) in [4.78, 5) is 23.5. The van der Waals surface area contributed by atoms with E-state index in [9.17, 15) is 9.59 Å². The van der Waals surface area contributed by atoms with E-state index < -0.39 is 5.97 Å². The molecule has 0 N–H and O–H groups in total. The molecule has 4 heteroatoms. The molecule has 0 aliphatic carbocycles. The zero-order valence-electron chi connectivity index (χ0n) is 10.9. The lowest BCUT2D eigenvalue weighted by atomic mass is 10.1. The zero-order chi connectivity index (χ0) is 14.5. The van der Waals surface area contributed by atoms with Crippen molar-refractivity contribution in [1.29, 1.82) is 0 Å². The average molecular weight is 333 g/mol. The monoisotopic (exact) mass is 332 g/mol. The van der Waals surface area contributed by atoms with Crippen molar-refractivity contribution in [3.8, 4) is 5.75 Å². The molecule has 0 spiro atoms. The summed E-state index contributed by atoms with van der Waals surface area (Å²) in [5.41, 5.74) is 1.08. The minimum atomic E-state index is -0.438. The number of esters is 1. The van der Waals surface area contributed by atoms with Gasteiger partial charge in [0, 0.05) is 16.5 Å². The van der Waals surface area contributed by atoms with Crippen LogP contribution in [0.1, 0.15) is 34.1 Å². The van der Waals surface area contributed by atoms with Crippen LogP contribution in [-0.4, -0.2) is 11.8 Å². The summed E-state index contributed by atoms with van der Waals surface area (Å²) in [6, 6.07) is 13.6. The van der Waals surface area contributed by atoms with Crippen LogP contribution in [0.15, 0.2) is 53.0 Å². The molecule has 0 amide bonds. The quantitative estimate of drug-likeness (QED) is 0.477. The van der Waals surface area contributed by atoms with Gasteiger partial charge in [0.2, 0.25) is 0 Å². The van der Waals surface area contributed by atoms with Gasteiger partial charge in [-0.2, -0.15) is 0 Å². The van der Waals surface area contributed by atoms with E-state index in [1.807, 2.05) is 13.0 Å². The summed E-state index contributed by atoms with van der Waals surface area (Å²) in [5.74, 6) is 0.0409. The van der Waals surface area contributed by atoms with Gasteiger partial charge in [-0.3, -0.25) is 4.79 Å². The first-order valence-corrected chi connectivity index (χ1v) is 7.01. The summed E-state index contributed by atoms with van der Waals surface area (Å²) < 4.78 is 5.95. The van der Waals surface area contributed by atoms with Crippen LogP contribution in [0.4, 0.5) is 0 Å². The lowest BCUT2D eigenvalue weighted by Crippen LogP contribution is -2.09. The Morgan fingerprint density at radius 2 is 1.70 bits per heavy atom. The highest BCUT2D eigenvalue weighted by molar-refractivity contribution is 9.10. The number of rotatable bonds is 4. The van der Waals surface area contributed by atoms with Crippen molar-refractivity contribution in [2.45, 2.75) is 13.3 Å². The van der Waals surface area contributed by atoms with Crippen LogP contribution in [-0.2, 0) is 0 Å². The second-order valence-electron chi connectivity index (χ2n) is 4.17. The van der Waals surface area contributed by atoms with Crippen LogP contribution in [0.3, 0.4) is 0 Å². The summed E-state index contributed by atoms with van der Waals surface area (Å²) >= 11 is 3.30. The first kappa shape index (κ1) is 14.5. The molecule has 0 radical (unpaired) electrons. The molecule has 0 atom stereocenters. The predicted octanol–water partition coefficient (Wildman–Crippen LogP) is 4.26. The van der Waals surface area contributed by atoms with Crippen molar-refractivity contribution in [2.24, 2.45) is 0 Å². The van der Waals surface area contributed by atoms with Gasteiger partial charge in [-0.1, -0.05) is 19.1 Å². The van der Waals surface area contributed by atoms with E-state index in [1.54, 1.807) is 42.5 Å². The molecule has 3 nitrogen and oxygen atoms in total. The number of carbonyl (C=O) groups is 2. The van der Waals surface area contributed by atoms with E-state index in [0.29, 0.717) is 27.8 Å². The van der Waals surface area contributed by atoms with E-state index in [-0.39, 0.29) is 5.78 Å². The molecule has 0 heterocycles. The first-order chi connectivity index (χ1) is 9.61. The second-order valence-corrected chi connectivity index (χ2v) is 5.02. The Kier molecular flexibility index (Phi) is 4.69. The van der Waals surface area contributed by atoms with Crippen molar-refractivity contribution in [3.05, 3.63) is 64.1 Å². The molecule has 0 fully saturated rings. The Hall–Kier alpha value is -1.94. The lowest BCUT2D eigenvalue weighted by Gasteiger charge is -2.06. The third-order valence-electron chi connectivity index (χ3n) is 2.80. The van der Waals surface area contributed by atoms with Crippen LogP contribution in [0.5, 0.6) is 5.75 Å². The van der Waals surface area contributed by atoms with Gasteiger partial charge in [0.15, 0.2) is 5.78 Å². The van der Waals surface area contributed by atoms with Gasteiger partial charge in [-0.25, -0.2) is 4.79 Å². The van der Waals surface area contributed by atoms with Gasteiger partial charge < -0.3 is 4.74 Å². The highest BCUT2D eigenvalue weighted by Crippen LogP contribution is 2.19. The van der Waals surface area contributed by atoms with E-state index in [1.165, 1.54) is 0 Å². The SMILES string of the molecule is CCC(=O)c1ccc(OC(=O)c2ccccc2Br)cc1. The van der Waals surface area contributed by atoms with Crippen LogP contribution in [0.25, 0.3) is 0 Å². The average Bonchev–Trinajstić information content (AvgIpc) is 2.47. The minimum absolute atomic E-state index is 0.0636. The van der Waals surface area contributed by atoms with Gasteiger partial charge in [-0.15, -0.1) is 0 Å². The highest BCUT2D eigenvalue weighted by atomic mass is 79.9. The Bertz CT molecular complexity index is 632. The van der Waals surface area contributed by atoms with Crippen LogP contribution in [0, 0.1) is 0 Å². The molecule has 0 aromatic heterocycles. The summed E-state index contributed by atoms with van der Waals surface area (Å²) in [7, 11) is 0. The number of hydrogen-bond acceptors (Lipinski definition) is 3. The molecular formula is C16H13BrO3. The standard InChI is InChI=1S/C16H13BrO3/c1-2-15(18)11-7-9-12(10-8-11)20-16(19)13-5-3-4-6-14(13)17/h3-10H,2H2,1H3. The second kappa shape index (κ2) is 6.48. The van der Waals surface area contributed by atoms with Crippen molar-refractivity contribution >= 4 is 27.7 Å². The van der Waals surface area contributed by atoms with Crippen molar-refractivity contribution in [1.82, 2.24) is 0 Å². The number of ether oxygens (including phenoxy) is 1. The number of hydrogen-bond donors (Lipinski definition) is 0. The van der Waals surface area contributed by atoms with E-state index in [2.05, 4.69) is 15.9 Å². The van der Waals surface area contributed by atoms with Gasteiger partial charge in [0.1, 0.15) is 5.75 Å². The molecule has 102 valence electrons. The molecule has 2 rings (SSSR count). The molecule has 0 unspecified atom stereocenters. The van der Waals surface area contributed by atoms with Crippen LogP contribution < -0.4 is 4.74 Å². The maximum absolute atomic E-state index is 12.0. The Morgan fingerprint density at radius 1 is 1.05 bits per heavy atom. The summed E-state index contributed by atoms with van der Waals surface area (Å²) in [5, 5.41) is 0. The highest BCUT2D eigenvalue weighted by Gasteiger charge is 2.12. The third-order valence-corrected chi connectivity index (χ3v) is 3.49. The maximum Gasteiger partial charge on any atom is 0.344 e. The fourth-order valence-electron chi connectivity index (χ4n) is 1.70. The Morgan fingerprint density at radius 3 is 2.30 bits per heavy atom. The summed E-state index contributed by atoms with van der Waals surface area (Å²) in [6.45, 7) is 1.81. The van der Waals surface area contributed by atoms with Gasteiger partial charge in [-0.05, 0) is 52.3 Å². The molecule has 0 aliphatic heterocycles. The van der Waals surface area contributed by atoms with E-state index in [0.717, 1.165) is 0 Å². The van der Waals surface area contributed by atoms with Crippen molar-refractivity contribution in [3.63, 3.8) is 0 Å². The lowest BCUT2D eigenvalue weighted by molar-refractivity contribution is 0.0733. The Balaban J connectivity index is 2.13. The zero-order valence-corrected chi connectivity index (χ0v) is 12.5. The number of halogens is 1. The number of benzene rings is 2. The number of ketones is 1. The summed E-state index contributed by atoms with van der Waals surface area (Å²) in [6.07, 6.45) is 0.454. The third kappa shape index (κ3) is 3.33. The van der Waals surface area contributed by atoms with Crippen molar-refractivity contribution < 1.29 is 14.3 Å². The molecular weight excluding hydrogens is 320 g/mol. The maximum atomic E-state index is 12.0. The molecule has 0 bridgehead atoms. The van der Waals surface area contributed by atoms with Gasteiger partial charge >= 0.3 is 5.97 Å². The van der Waals surface area contributed by atoms with Gasteiger partial charge in [0.05, 0.1) is 5.56 Å². The first-order valence-electron chi connectivity index (χ1n) is 6.21. The van der Waals surface area contributed by atoms with Crippen molar-refractivity contribution in [2.75, 3.05) is 0 Å². The molecule has 0 saturated carbocycles. The van der Waals surface area contributed by atoms with Crippen LogP contribution in [0.2, 0.25) is 0 Å². The van der Waals surface area contributed by atoms with E-state index >= 15 is 0 Å². The smallest absolute Gasteiger partial charge is 0.344 e. The normalized spacial score (nSPS) is 10.1. The molecule has 0 saturated heterocycles. The molecule has 2 aromatic rings. The predicted molar refractivity (Wildman–Crippen MR) is 80.2 cm³/mol. The molecule has 0 aliphatic rings. The molecule has 20 heavy (non-hydrogen) atoms. The topological polar surface area (TPSA) is 43.4 Å². The fourth-order valence-corrected chi connectivity index (χ4v) is 2.15. The Labute approximate surface area is 125 Å². The minimum Gasteiger partial charge on any atom is -0.423 e. The fraction of sp³-hybridized carbons (Fsp3) is 0.125. The number of carbonyl (C=O) groups excluding carboxylic acids is 2. The van der Waals surface area contributed by atoms with Gasteiger partial charge in [0.25, 0.3) is 0 Å². The molecule has 2 aromatic carbocycles. The number of Topliss-reactive ketones (excluding diaryl/α,β-unsaturated/α-hetero) is 1.